The number of thioether (sulfide) groups is 1. The van der Waals surface area contributed by atoms with Gasteiger partial charge in [0, 0.05) is 23.6 Å². The number of anilines is 1. The van der Waals surface area contributed by atoms with Crippen LogP contribution < -0.4 is 5.73 Å². The summed E-state index contributed by atoms with van der Waals surface area (Å²) in [7, 11) is 0. The molecule has 1 aromatic rings. The van der Waals surface area contributed by atoms with Crippen LogP contribution in [0.4, 0.5) is 5.82 Å². The molecule has 0 aromatic carbocycles. The third-order valence-corrected chi connectivity index (χ3v) is 4.65. The minimum absolute atomic E-state index is 0.0187. The number of nitrogens with zero attached hydrogens (tertiary/aromatic N) is 2. The molecule has 20 heavy (non-hydrogen) atoms. The van der Waals surface area contributed by atoms with Crippen LogP contribution in [0.1, 0.15) is 33.1 Å². The molecule has 0 bridgehead atoms. The zero-order valence-electron chi connectivity index (χ0n) is 11.7. The van der Waals surface area contributed by atoms with E-state index < -0.39 is 0 Å². The Labute approximate surface area is 122 Å². The van der Waals surface area contributed by atoms with Crippen molar-refractivity contribution in [3.05, 3.63) is 18.3 Å². The highest BCUT2D eigenvalue weighted by atomic mass is 32.2. The summed E-state index contributed by atoms with van der Waals surface area (Å²) in [5.74, 6) is 0.303. The first-order chi connectivity index (χ1) is 9.56. The van der Waals surface area contributed by atoms with Crippen molar-refractivity contribution in [1.29, 1.82) is 0 Å². The summed E-state index contributed by atoms with van der Waals surface area (Å²) in [6.45, 7) is 4.00. The smallest absolute Gasteiger partial charge is 0.243 e. The number of amides is 2. The van der Waals surface area contributed by atoms with E-state index in [1.54, 1.807) is 12.3 Å². The lowest BCUT2D eigenvalue weighted by atomic mass is 10.1. The van der Waals surface area contributed by atoms with Gasteiger partial charge in [0.15, 0.2) is 0 Å². The molecule has 1 aliphatic rings. The fourth-order valence-corrected chi connectivity index (χ4v) is 3.41. The van der Waals surface area contributed by atoms with Crippen molar-refractivity contribution in [2.75, 3.05) is 5.73 Å². The van der Waals surface area contributed by atoms with E-state index >= 15 is 0 Å². The maximum absolute atomic E-state index is 12.4. The van der Waals surface area contributed by atoms with Gasteiger partial charge < -0.3 is 5.73 Å². The van der Waals surface area contributed by atoms with Gasteiger partial charge in [-0.15, -0.1) is 11.8 Å². The molecular formula is C14H19N3O2S. The topological polar surface area (TPSA) is 76.3 Å². The van der Waals surface area contributed by atoms with Crippen molar-refractivity contribution in [3.63, 3.8) is 0 Å². The molecule has 2 N–H and O–H groups in total. The Morgan fingerprint density at radius 3 is 2.65 bits per heavy atom. The van der Waals surface area contributed by atoms with Crippen molar-refractivity contribution in [1.82, 2.24) is 9.88 Å². The number of pyridine rings is 1. The molecule has 2 heterocycles. The molecule has 5 nitrogen and oxygen atoms in total. The van der Waals surface area contributed by atoms with E-state index in [2.05, 4.69) is 4.98 Å². The highest BCUT2D eigenvalue weighted by Crippen LogP contribution is 2.33. The van der Waals surface area contributed by atoms with Crippen LogP contribution >= 0.6 is 11.8 Å². The maximum atomic E-state index is 12.4. The van der Waals surface area contributed by atoms with Crippen molar-refractivity contribution < 1.29 is 9.59 Å². The summed E-state index contributed by atoms with van der Waals surface area (Å²) in [6, 6.07) is 3.54. The number of aromatic nitrogens is 1. The van der Waals surface area contributed by atoms with E-state index in [0.717, 1.165) is 17.7 Å². The molecule has 0 aliphatic carbocycles. The van der Waals surface area contributed by atoms with E-state index in [9.17, 15) is 9.59 Å². The summed E-state index contributed by atoms with van der Waals surface area (Å²) in [4.78, 5) is 30.7. The summed E-state index contributed by atoms with van der Waals surface area (Å²) in [6.07, 6.45) is 3.51. The highest BCUT2D eigenvalue weighted by Gasteiger charge is 2.41. The van der Waals surface area contributed by atoms with Crippen LogP contribution in [0.2, 0.25) is 0 Å². The molecule has 6 heteroatoms. The Morgan fingerprint density at radius 2 is 2.10 bits per heavy atom. The van der Waals surface area contributed by atoms with E-state index in [1.807, 2.05) is 19.9 Å². The van der Waals surface area contributed by atoms with Gasteiger partial charge in [-0.3, -0.25) is 14.5 Å². The van der Waals surface area contributed by atoms with Gasteiger partial charge >= 0.3 is 0 Å². The molecule has 0 radical (unpaired) electrons. The first kappa shape index (κ1) is 14.8. The second-order valence-electron chi connectivity index (χ2n) is 4.80. The van der Waals surface area contributed by atoms with Crippen LogP contribution in [0.5, 0.6) is 0 Å². The minimum atomic E-state index is -0.339. The molecule has 1 aromatic heterocycles. The second kappa shape index (κ2) is 6.26. The van der Waals surface area contributed by atoms with Gasteiger partial charge in [-0.1, -0.05) is 13.8 Å². The van der Waals surface area contributed by atoms with Crippen molar-refractivity contribution in [3.8, 4) is 0 Å². The summed E-state index contributed by atoms with van der Waals surface area (Å²) in [5.41, 5.74) is 5.53. The molecule has 1 fully saturated rings. The first-order valence-corrected chi connectivity index (χ1v) is 7.68. The Morgan fingerprint density at radius 1 is 1.40 bits per heavy atom. The number of imide groups is 1. The highest BCUT2D eigenvalue weighted by molar-refractivity contribution is 8.00. The van der Waals surface area contributed by atoms with Crippen LogP contribution in [0, 0.1) is 0 Å². The third kappa shape index (κ3) is 2.95. The van der Waals surface area contributed by atoms with E-state index in [4.69, 9.17) is 5.73 Å². The Hall–Kier alpha value is -1.56. The van der Waals surface area contributed by atoms with Crippen LogP contribution in [-0.2, 0) is 9.59 Å². The minimum Gasteiger partial charge on any atom is -0.384 e. The largest absolute Gasteiger partial charge is 0.384 e. The first-order valence-electron chi connectivity index (χ1n) is 6.80. The van der Waals surface area contributed by atoms with Gasteiger partial charge in [0.05, 0.1) is 5.25 Å². The molecule has 1 aliphatic heterocycles. The summed E-state index contributed by atoms with van der Waals surface area (Å²) < 4.78 is 0. The fraction of sp³-hybridized carbons (Fsp3) is 0.500. The second-order valence-corrected chi connectivity index (χ2v) is 6.08. The number of hydrogen-bond acceptors (Lipinski definition) is 5. The van der Waals surface area contributed by atoms with Gasteiger partial charge in [-0.2, -0.15) is 0 Å². The average Bonchev–Trinajstić information content (AvgIpc) is 2.71. The number of carbonyl (C=O) groups excluding carboxylic acids is 2. The maximum Gasteiger partial charge on any atom is 0.243 e. The van der Waals surface area contributed by atoms with E-state index in [-0.39, 0.29) is 29.5 Å². The zero-order valence-corrected chi connectivity index (χ0v) is 12.5. The molecule has 1 atom stereocenters. The van der Waals surface area contributed by atoms with E-state index in [1.165, 1.54) is 16.7 Å². The third-order valence-electron chi connectivity index (χ3n) is 3.49. The van der Waals surface area contributed by atoms with Crippen LogP contribution in [0.3, 0.4) is 0 Å². The van der Waals surface area contributed by atoms with Crippen LogP contribution in [0.15, 0.2) is 23.2 Å². The van der Waals surface area contributed by atoms with Crippen LogP contribution in [0.25, 0.3) is 0 Å². The number of nitrogens with two attached hydrogens (primary N) is 1. The van der Waals surface area contributed by atoms with Gasteiger partial charge in [0.1, 0.15) is 5.82 Å². The SMILES string of the molecule is CCC(CC)N1C(=O)CC(Sc2ccc(N)nc2)C1=O. The lowest BCUT2D eigenvalue weighted by Crippen LogP contribution is -2.40. The predicted octanol–water partition coefficient (Wildman–Crippen LogP) is 2.07. The van der Waals surface area contributed by atoms with E-state index in [0.29, 0.717) is 5.82 Å². The summed E-state index contributed by atoms with van der Waals surface area (Å²) in [5, 5.41) is -0.339. The average molecular weight is 293 g/mol. The quantitative estimate of drug-likeness (QED) is 0.841. The Kier molecular flexibility index (Phi) is 4.65. The molecule has 2 rings (SSSR count). The number of hydrogen-bond donors (Lipinski definition) is 1. The Balaban J connectivity index is 2.09. The monoisotopic (exact) mass is 293 g/mol. The predicted molar refractivity (Wildman–Crippen MR) is 79.1 cm³/mol. The number of likely N-dealkylation sites (tertiary alicyclic amines) is 1. The van der Waals surface area contributed by atoms with Gasteiger partial charge in [-0.05, 0) is 25.0 Å². The fourth-order valence-electron chi connectivity index (χ4n) is 2.38. The molecule has 108 valence electrons. The molecule has 2 amide bonds. The number of carbonyl (C=O) groups is 2. The molecule has 1 unspecified atom stereocenters. The lowest BCUT2D eigenvalue weighted by molar-refractivity contribution is -0.141. The van der Waals surface area contributed by atoms with Crippen LogP contribution in [-0.4, -0.2) is 33.0 Å². The van der Waals surface area contributed by atoms with Crippen molar-refractivity contribution in [2.45, 2.75) is 49.3 Å². The number of rotatable bonds is 5. The Bertz CT molecular complexity index is 500. The zero-order chi connectivity index (χ0) is 14.7. The number of nitrogen functional groups attached to an aromatic ring is 1. The van der Waals surface area contributed by atoms with Gasteiger partial charge in [-0.25, -0.2) is 4.98 Å². The van der Waals surface area contributed by atoms with Crippen molar-refractivity contribution >= 4 is 29.4 Å². The normalized spacial score (nSPS) is 19.1. The van der Waals surface area contributed by atoms with Crippen molar-refractivity contribution in [2.24, 2.45) is 0 Å². The van der Waals surface area contributed by atoms with Gasteiger partial charge in [0.2, 0.25) is 11.8 Å². The molecule has 0 spiro atoms. The van der Waals surface area contributed by atoms with Gasteiger partial charge in [0.25, 0.3) is 0 Å². The lowest BCUT2D eigenvalue weighted by Gasteiger charge is -2.24. The molecular weight excluding hydrogens is 274 g/mol. The standard InChI is InChI=1S/C14H19N3O2S/c1-3-9(4-2)17-13(18)7-11(14(17)19)20-10-5-6-12(15)16-8-10/h5-6,8-9,11H,3-4,7H2,1-2H3,(H2,15,16). The molecule has 0 saturated carbocycles. The summed E-state index contributed by atoms with van der Waals surface area (Å²) >= 11 is 1.38. The molecule has 1 saturated heterocycles.